The van der Waals surface area contributed by atoms with E-state index in [9.17, 15) is 4.79 Å². The number of hydrogen-bond donors (Lipinski definition) is 1. The monoisotopic (exact) mass is 166 g/mol. The molecule has 0 aromatic carbocycles. The minimum absolute atomic E-state index is 0.833. The molecule has 0 aliphatic heterocycles. The van der Waals surface area contributed by atoms with Gasteiger partial charge in [0.15, 0.2) is 0 Å². The Kier molecular flexibility index (Phi) is 2.28. The lowest BCUT2D eigenvalue weighted by Gasteiger charge is -1.92. The van der Waals surface area contributed by atoms with Gasteiger partial charge >= 0.3 is 5.97 Å². The van der Waals surface area contributed by atoms with Crippen LogP contribution >= 0.6 is 0 Å². The Morgan fingerprint density at radius 3 is 2.83 bits per heavy atom. The molecule has 1 aromatic heterocycles. The van der Waals surface area contributed by atoms with E-state index in [1.165, 1.54) is 6.08 Å². The first kappa shape index (κ1) is 8.52. The van der Waals surface area contributed by atoms with Crippen LogP contribution in [-0.2, 0) is 11.8 Å². The largest absolute Gasteiger partial charge is 0.478 e. The number of carboxylic acids is 1. The Hall–Kier alpha value is -1.58. The second-order valence-corrected chi connectivity index (χ2v) is 2.48. The number of aromatic nitrogens is 2. The summed E-state index contributed by atoms with van der Waals surface area (Å²) < 4.78 is 1.70. The summed E-state index contributed by atoms with van der Waals surface area (Å²) >= 11 is 0. The van der Waals surface area contributed by atoms with Crippen LogP contribution in [0.4, 0.5) is 0 Å². The lowest BCUT2D eigenvalue weighted by molar-refractivity contribution is -0.131. The van der Waals surface area contributed by atoms with Crippen LogP contribution in [0.15, 0.2) is 12.3 Å². The molecule has 12 heavy (non-hydrogen) atoms. The van der Waals surface area contributed by atoms with Crippen molar-refractivity contribution < 1.29 is 9.90 Å². The summed E-state index contributed by atoms with van der Waals surface area (Å²) in [6, 6.07) is 0. The van der Waals surface area contributed by atoms with Crippen molar-refractivity contribution in [3.63, 3.8) is 0 Å². The quantitative estimate of drug-likeness (QED) is 0.662. The van der Waals surface area contributed by atoms with Crippen LogP contribution in [-0.4, -0.2) is 20.9 Å². The molecule has 1 N–H and O–H groups in total. The molecule has 0 radical (unpaired) electrons. The zero-order valence-corrected chi connectivity index (χ0v) is 6.98. The third-order valence-electron chi connectivity index (χ3n) is 1.68. The molecule has 1 heterocycles. The van der Waals surface area contributed by atoms with Crippen molar-refractivity contribution >= 4 is 12.0 Å². The van der Waals surface area contributed by atoms with Crippen LogP contribution in [0.2, 0.25) is 0 Å². The van der Waals surface area contributed by atoms with E-state index >= 15 is 0 Å². The minimum Gasteiger partial charge on any atom is -0.478 e. The van der Waals surface area contributed by atoms with Crippen molar-refractivity contribution in [1.29, 1.82) is 0 Å². The molecule has 0 saturated carbocycles. The summed E-state index contributed by atoms with van der Waals surface area (Å²) in [5.41, 5.74) is 1.78. The summed E-state index contributed by atoms with van der Waals surface area (Å²) in [5, 5.41) is 12.3. The fraction of sp³-hybridized carbons (Fsp3) is 0.250. The van der Waals surface area contributed by atoms with Gasteiger partial charge in [0.05, 0.1) is 6.20 Å². The van der Waals surface area contributed by atoms with E-state index in [0.717, 1.165) is 17.3 Å². The molecule has 0 unspecified atom stereocenters. The van der Waals surface area contributed by atoms with Crippen molar-refractivity contribution in [3.8, 4) is 0 Å². The van der Waals surface area contributed by atoms with Gasteiger partial charge in [-0.1, -0.05) is 0 Å². The average molecular weight is 166 g/mol. The van der Waals surface area contributed by atoms with Gasteiger partial charge in [0.2, 0.25) is 0 Å². The Labute approximate surface area is 70.1 Å². The molecule has 0 atom stereocenters. The topological polar surface area (TPSA) is 55.1 Å². The van der Waals surface area contributed by atoms with Crippen LogP contribution in [0.3, 0.4) is 0 Å². The number of rotatable bonds is 2. The van der Waals surface area contributed by atoms with Crippen molar-refractivity contribution in [2.75, 3.05) is 0 Å². The Balaban J connectivity index is 2.90. The Morgan fingerprint density at radius 2 is 2.42 bits per heavy atom. The predicted molar refractivity (Wildman–Crippen MR) is 44.6 cm³/mol. The highest BCUT2D eigenvalue weighted by molar-refractivity contribution is 5.85. The van der Waals surface area contributed by atoms with E-state index in [1.54, 1.807) is 10.9 Å². The fourth-order valence-corrected chi connectivity index (χ4v) is 0.840. The lowest BCUT2D eigenvalue weighted by Crippen LogP contribution is -1.92. The maximum atomic E-state index is 10.2. The maximum absolute atomic E-state index is 10.2. The van der Waals surface area contributed by atoms with Gasteiger partial charge in [0.25, 0.3) is 0 Å². The van der Waals surface area contributed by atoms with Crippen molar-refractivity contribution in [2.24, 2.45) is 7.05 Å². The van der Waals surface area contributed by atoms with Gasteiger partial charge in [-0.25, -0.2) is 4.79 Å². The SMILES string of the molecule is Cc1c(C=CC(=O)O)cnn1C. The second-order valence-electron chi connectivity index (χ2n) is 2.48. The maximum Gasteiger partial charge on any atom is 0.328 e. The van der Waals surface area contributed by atoms with E-state index < -0.39 is 5.97 Å². The van der Waals surface area contributed by atoms with Crippen molar-refractivity contribution in [1.82, 2.24) is 9.78 Å². The molecule has 1 aromatic rings. The van der Waals surface area contributed by atoms with Gasteiger partial charge < -0.3 is 5.11 Å². The smallest absolute Gasteiger partial charge is 0.328 e. The number of aliphatic carboxylic acids is 1. The molecule has 0 aliphatic rings. The summed E-state index contributed by atoms with van der Waals surface area (Å²) in [4.78, 5) is 10.2. The van der Waals surface area contributed by atoms with Crippen LogP contribution in [0.1, 0.15) is 11.3 Å². The molecule has 0 aliphatic carbocycles. The molecule has 0 amide bonds. The minimum atomic E-state index is -0.946. The highest BCUT2D eigenvalue weighted by atomic mass is 16.4. The van der Waals surface area contributed by atoms with Gasteiger partial charge in [-0.2, -0.15) is 5.10 Å². The lowest BCUT2D eigenvalue weighted by atomic mass is 10.2. The first-order valence-electron chi connectivity index (χ1n) is 3.51. The molecular formula is C8H10N2O2. The number of hydrogen-bond acceptors (Lipinski definition) is 2. The van der Waals surface area contributed by atoms with Crippen LogP contribution in [0.5, 0.6) is 0 Å². The fourth-order valence-electron chi connectivity index (χ4n) is 0.840. The molecule has 0 bridgehead atoms. The molecule has 1 rings (SSSR count). The van der Waals surface area contributed by atoms with Crippen LogP contribution in [0.25, 0.3) is 6.08 Å². The van der Waals surface area contributed by atoms with Gasteiger partial charge in [-0.05, 0) is 13.0 Å². The first-order valence-corrected chi connectivity index (χ1v) is 3.51. The number of carboxylic acid groups (broad SMARTS) is 1. The highest BCUT2D eigenvalue weighted by Gasteiger charge is 1.99. The zero-order valence-electron chi connectivity index (χ0n) is 6.98. The van der Waals surface area contributed by atoms with Crippen LogP contribution < -0.4 is 0 Å². The average Bonchev–Trinajstić information content (AvgIpc) is 2.30. The molecule has 4 nitrogen and oxygen atoms in total. The predicted octanol–water partition coefficient (Wildman–Crippen LogP) is 0.826. The normalized spacial score (nSPS) is 10.8. The van der Waals surface area contributed by atoms with E-state index in [4.69, 9.17) is 5.11 Å². The standard InChI is InChI=1S/C8H10N2O2/c1-6-7(3-4-8(11)12)5-9-10(6)2/h3-5H,1-2H3,(H,11,12). The van der Waals surface area contributed by atoms with Gasteiger partial charge in [0, 0.05) is 24.4 Å². The molecule has 0 saturated heterocycles. The third kappa shape index (κ3) is 1.72. The molecule has 0 spiro atoms. The summed E-state index contributed by atoms with van der Waals surface area (Å²) in [7, 11) is 1.81. The number of carbonyl (C=O) groups is 1. The highest BCUT2D eigenvalue weighted by Crippen LogP contribution is 2.06. The number of nitrogens with zero attached hydrogens (tertiary/aromatic N) is 2. The summed E-state index contributed by atoms with van der Waals surface area (Å²) in [6.07, 6.45) is 4.27. The Bertz CT molecular complexity index is 326. The van der Waals surface area contributed by atoms with Crippen LogP contribution in [0, 0.1) is 6.92 Å². The van der Waals surface area contributed by atoms with Crippen molar-refractivity contribution in [3.05, 3.63) is 23.5 Å². The van der Waals surface area contributed by atoms with Gasteiger partial charge in [0.1, 0.15) is 0 Å². The molecular weight excluding hydrogens is 156 g/mol. The zero-order chi connectivity index (χ0) is 9.14. The molecule has 64 valence electrons. The molecule has 4 heteroatoms. The second kappa shape index (κ2) is 3.21. The molecule has 0 fully saturated rings. The van der Waals surface area contributed by atoms with E-state index in [-0.39, 0.29) is 0 Å². The Morgan fingerprint density at radius 1 is 1.75 bits per heavy atom. The van der Waals surface area contributed by atoms with Gasteiger partial charge in [-0.15, -0.1) is 0 Å². The van der Waals surface area contributed by atoms with E-state index in [0.29, 0.717) is 0 Å². The van der Waals surface area contributed by atoms with E-state index in [1.807, 2.05) is 14.0 Å². The van der Waals surface area contributed by atoms with E-state index in [2.05, 4.69) is 5.10 Å². The number of aryl methyl sites for hydroxylation is 1. The third-order valence-corrected chi connectivity index (χ3v) is 1.68. The summed E-state index contributed by atoms with van der Waals surface area (Å²) in [6.45, 7) is 1.88. The summed E-state index contributed by atoms with van der Waals surface area (Å²) in [5.74, 6) is -0.946. The van der Waals surface area contributed by atoms with Gasteiger partial charge in [-0.3, -0.25) is 4.68 Å². The van der Waals surface area contributed by atoms with Crippen molar-refractivity contribution in [2.45, 2.75) is 6.92 Å². The first-order chi connectivity index (χ1) is 5.61.